The molecule has 1 saturated heterocycles. The Bertz CT molecular complexity index is 191. The van der Waals surface area contributed by atoms with Crippen LogP contribution in [0.3, 0.4) is 0 Å². The maximum absolute atomic E-state index is 5.93. The van der Waals surface area contributed by atoms with Gasteiger partial charge in [-0.05, 0) is 34.0 Å². The van der Waals surface area contributed by atoms with E-state index in [2.05, 4.69) is 30.9 Å². The van der Waals surface area contributed by atoms with Crippen molar-refractivity contribution in [2.75, 3.05) is 60.5 Å². The zero-order valence-electron chi connectivity index (χ0n) is 11.0. The van der Waals surface area contributed by atoms with Crippen LogP contribution in [0.25, 0.3) is 0 Å². The topological polar surface area (TPSA) is 41.7 Å². The highest BCUT2D eigenvalue weighted by atomic mass is 16.5. The van der Waals surface area contributed by atoms with Gasteiger partial charge in [0.25, 0.3) is 0 Å². The van der Waals surface area contributed by atoms with E-state index < -0.39 is 0 Å². The number of hydrogen-bond acceptors (Lipinski definition) is 4. The molecule has 1 aliphatic heterocycles. The summed E-state index contributed by atoms with van der Waals surface area (Å²) >= 11 is 0. The third-order valence-corrected chi connectivity index (χ3v) is 3.37. The highest BCUT2D eigenvalue weighted by Gasteiger charge is 2.32. The quantitative estimate of drug-likeness (QED) is 0.708. The van der Waals surface area contributed by atoms with Gasteiger partial charge in [0.15, 0.2) is 0 Å². The number of hydrogen-bond donors (Lipinski definition) is 1. The van der Waals surface area contributed by atoms with E-state index in [4.69, 9.17) is 10.5 Å². The largest absolute Gasteiger partial charge is 0.381 e. The number of ether oxygens (including phenoxy) is 1. The Kier molecular flexibility index (Phi) is 5.69. The molecule has 1 rings (SSSR count). The molecule has 0 aromatic heterocycles. The van der Waals surface area contributed by atoms with Crippen LogP contribution < -0.4 is 5.73 Å². The average molecular weight is 229 g/mol. The minimum Gasteiger partial charge on any atom is -0.381 e. The van der Waals surface area contributed by atoms with Crippen LogP contribution >= 0.6 is 0 Å². The van der Waals surface area contributed by atoms with Crippen molar-refractivity contribution in [1.82, 2.24) is 9.80 Å². The Morgan fingerprint density at radius 1 is 1.25 bits per heavy atom. The molecule has 1 fully saturated rings. The summed E-state index contributed by atoms with van der Waals surface area (Å²) in [5.74, 6) is 0. The van der Waals surface area contributed by atoms with Crippen molar-refractivity contribution in [3.05, 3.63) is 0 Å². The maximum Gasteiger partial charge on any atom is 0.0546 e. The molecule has 0 amide bonds. The molecule has 0 saturated carbocycles. The van der Waals surface area contributed by atoms with E-state index in [1.807, 2.05) is 0 Å². The van der Waals surface area contributed by atoms with Gasteiger partial charge in [-0.25, -0.2) is 0 Å². The first-order valence-electron chi connectivity index (χ1n) is 6.19. The Morgan fingerprint density at radius 2 is 2.00 bits per heavy atom. The predicted octanol–water partition coefficient (Wildman–Crippen LogP) is 0.235. The summed E-state index contributed by atoms with van der Waals surface area (Å²) in [6.07, 6.45) is 2.36. The summed E-state index contributed by atoms with van der Waals surface area (Å²) in [5.41, 5.74) is 6.12. The zero-order valence-corrected chi connectivity index (χ0v) is 11.0. The number of nitrogens with two attached hydrogens (primary N) is 1. The van der Waals surface area contributed by atoms with Crippen LogP contribution in [0.15, 0.2) is 0 Å². The standard InChI is InChI=1S/C12H27N3O/c1-14(2)6-7-15(3)10-12(9-13)5-4-8-16-11-12/h4-11,13H2,1-3H3. The van der Waals surface area contributed by atoms with Gasteiger partial charge < -0.3 is 20.3 Å². The van der Waals surface area contributed by atoms with Gasteiger partial charge in [0.1, 0.15) is 0 Å². The molecule has 2 N–H and O–H groups in total. The maximum atomic E-state index is 5.93. The first-order chi connectivity index (χ1) is 7.58. The first-order valence-corrected chi connectivity index (χ1v) is 6.19. The third kappa shape index (κ3) is 4.37. The van der Waals surface area contributed by atoms with Gasteiger partial charge in [-0.3, -0.25) is 0 Å². The van der Waals surface area contributed by atoms with Gasteiger partial charge in [0.05, 0.1) is 6.61 Å². The second-order valence-electron chi connectivity index (χ2n) is 5.40. The van der Waals surface area contributed by atoms with Crippen LogP contribution in [0, 0.1) is 5.41 Å². The first kappa shape index (κ1) is 13.9. The van der Waals surface area contributed by atoms with Gasteiger partial charge in [0, 0.05) is 38.2 Å². The molecule has 16 heavy (non-hydrogen) atoms. The fourth-order valence-electron chi connectivity index (χ4n) is 2.28. The Labute approximate surface area is 99.7 Å². The second kappa shape index (κ2) is 6.55. The lowest BCUT2D eigenvalue weighted by molar-refractivity contribution is -0.0187. The molecule has 0 aromatic carbocycles. The van der Waals surface area contributed by atoms with E-state index in [1.165, 1.54) is 6.42 Å². The van der Waals surface area contributed by atoms with Gasteiger partial charge in [-0.2, -0.15) is 0 Å². The monoisotopic (exact) mass is 229 g/mol. The highest BCUT2D eigenvalue weighted by Crippen LogP contribution is 2.28. The van der Waals surface area contributed by atoms with Crippen LogP contribution in [0.1, 0.15) is 12.8 Å². The zero-order chi connectivity index (χ0) is 12.0. The third-order valence-electron chi connectivity index (χ3n) is 3.37. The summed E-state index contributed by atoms with van der Waals surface area (Å²) in [5, 5.41) is 0. The fraction of sp³-hybridized carbons (Fsp3) is 1.00. The van der Waals surface area contributed by atoms with Crippen molar-refractivity contribution in [3.63, 3.8) is 0 Å². The minimum atomic E-state index is 0.194. The predicted molar refractivity (Wildman–Crippen MR) is 67.6 cm³/mol. The van der Waals surface area contributed by atoms with Crippen molar-refractivity contribution in [3.8, 4) is 0 Å². The molecule has 0 bridgehead atoms. The van der Waals surface area contributed by atoms with Gasteiger partial charge >= 0.3 is 0 Å². The highest BCUT2D eigenvalue weighted by molar-refractivity contribution is 4.85. The second-order valence-corrected chi connectivity index (χ2v) is 5.40. The fourth-order valence-corrected chi connectivity index (χ4v) is 2.28. The Hall–Kier alpha value is -0.160. The summed E-state index contributed by atoms with van der Waals surface area (Å²) in [4.78, 5) is 4.59. The van der Waals surface area contributed by atoms with E-state index in [0.29, 0.717) is 0 Å². The summed E-state index contributed by atoms with van der Waals surface area (Å²) in [7, 11) is 6.39. The molecule has 4 heteroatoms. The SMILES string of the molecule is CN(C)CCN(C)CC1(CN)CCCOC1. The normalized spacial score (nSPS) is 26.6. The number of nitrogens with zero attached hydrogens (tertiary/aromatic N) is 2. The van der Waals surface area contributed by atoms with Crippen molar-refractivity contribution in [2.24, 2.45) is 11.1 Å². The summed E-state index contributed by atoms with van der Waals surface area (Å²) in [6.45, 7) is 5.71. The van der Waals surface area contributed by atoms with E-state index in [9.17, 15) is 0 Å². The lowest BCUT2D eigenvalue weighted by Crippen LogP contribution is -2.47. The smallest absolute Gasteiger partial charge is 0.0546 e. The van der Waals surface area contributed by atoms with E-state index >= 15 is 0 Å². The molecule has 0 spiro atoms. The van der Waals surface area contributed by atoms with Crippen molar-refractivity contribution < 1.29 is 4.74 Å². The number of rotatable bonds is 6. The molecule has 96 valence electrons. The summed E-state index contributed by atoms with van der Waals surface area (Å²) < 4.78 is 5.59. The van der Waals surface area contributed by atoms with Gasteiger partial charge in [-0.15, -0.1) is 0 Å². The van der Waals surface area contributed by atoms with E-state index in [0.717, 1.165) is 45.8 Å². The van der Waals surface area contributed by atoms with Gasteiger partial charge in [-0.1, -0.05) is 0 Å². The molecule has 1 unspecified atom stereocenters. The molecule has 4 nitrogen and oxygen atoms in total. The van der Waals surface area contributed by atoms with Crippen LogP contribution in [0.5, 0.6) is 0 Å². The molecule has 1 aliphatic rings. The van der Waals surface area contributed by atoms with Crippen molar-refractivity contribution in [2.45, 2.75) is 12.8 Å². The van der Waals surface area contributed by atoms with E-state index in [-0.39, 0.29) is 5.41 Å². The molecule has 0 aliphatic carbocycles. The molecular weight excluding hydrogens is 202 g/mol. The van der Waals surface area contributed by atoms with Crippen LogP contribution in [0.2, 0.25) is 0 Å². The minimum absolute atomic E-state index is 0.194. The average Bonchev–Trinajstić information content (AvgIpc) is 2.28. The molecular formula is C12H27N3O. The van der Waals surface area contributed by atoms with Crippen molar-refractivity contribution >= 4 is 0 Å². The van der Waals surface area contributed by atoms with Crippen LogP contribution in [-0.2, 0) is 4.74 Å². The van der Waals surface area contributed by atoms with Gasteiger partial charge in [0.2, 0.25) is 0 Å². The summed E-state index contributed by atoms with van der Waals surface area (Å²) in [6, 6.07) is 0. The van der Waals surface area contributed by atoms with Crippen molar-refractivity contribution in [1.29, 1.82) is 0 Å². The molecule has 1 heterocycles. The molecule has 0 aromatic rings. The molecule has 1 atom stereocenters. The van der Waals surface area contributed by atoms with Crippen LogP contribution in [-0.4, -0.2) is 70.3 Å². The lowest BCUT2D eigenvalue weighted by atomic mass is 9.82. The number of likely N-dealkylation sites (N-methyl/N-ethyl adjacent to an activating group) is 2. The lowest BCUT2D eigenvalue weighted by Gasteiger charge is -2.39. The Balaban J connectivity index is 2.36. The van der Waals surface area contributed by atoms with Crippen LogP contribution in [0.4, 0.5) is 0 Å². The Morgan fingerprint density at radius 3 is 2.50 bits per heavy atom. The van der Waals surface area contributed by atoms with E-state index in [1.54, 1.807) is 0 Å². The molecule has 0 radical (unpaired) electrons.